The predicted molar refractivity (Wildman–Crippen MR) is 210 cm³/mol. The highest BCUT2D eigenvalue weighted by atomic mass is 16.6. The molecule has 4 atom stereocenters. The average molecular weight is 729 g/mol. The largest absolute Gasteiger partial charge is 0.387 e. The zero-order valence-electron chi connectivity index (χ0n) is 29.9. The minimum atomic E-state index is -1.31. The van der Waals surface area contributed by atoms with E-state index in [4.69, 9.17) is 14.2 Å². The Bertz CT molecular complexity index is 2210. The van der Waals surface area contributed by atoms with E-state index in [0.717, 1.165) is 33.4 Å². The van der Waals surface area contributed by atoms with Gasteiger partial charge in [0.15, 0.2) is 6.23 Å². The van der Waals surface area contributed by atoms with Gasteiger partial charge in [0.25, 0.3) is 5.56 Å². The minimum Gasteiger partial charge on any atom is -0.387 e. The molecular weight excluding hydrogens is 689 g/mol. The van der Waals surface area contributed by atoms with Crippen LogP contribution < -0.4 is 11.2 Å². The molecule has 1 fully saturated rings. The topological polar surface area (TPSA) is 103 Å². The molecule has 2 heterocycles. The summed E-state index contributed by atoms with van der Waals surface area (Å²) in [4.78, 5) is 28.1. The number of H-pyrrole nitrogens is 1. The second kappa shape index (κ2) is 15.7. The van der Waals surface area contributed by atoms with Crippen LogP contribution in [-0.4, -0.2) is 39.6 Å². The van der Waals surface area contributed by atoms with Gasteiger partial charge in [0.2, 0.25) is 0 Å². The highest BCUT2D eigenvalue weighted by Gasteiger charge is 2.52. The van der Waals surface area contributed by atoms with Gasteiger partial charge in [-0.25, -0.2) is 4.79 Å². The number of nitrogens with zero attached hydrogens (tertiary/aromatic N) is 1. The lowest BCUT2D eigenvalue weighted by Gasteiger charge is -2.40. The zero-order valence-corrected chi connectivity index (χ0v) is 29.9. The summed E-state index contributed by atoms with van der Waals surface area (Å²) >= 11 is 0. The molecule has 1 aliphatic rings. The van der Waals surface area contributed by atoms with Crippen molar-refractivity contribution in [1.29, 1.82) is 0 Å². The molecule has 8 heteroatoms. The molecule has 0 bridgehead atoms. The van der Waals surface area contributed by atoms with Crippen LogP contribution >= 0.6 is 0 Å². The molecule has 1 aliphatic heterocycles. The lowest BCUT2D eigenvalue weighted by Crippen LogP contribution is -2.46. The third kappa shape index (κ3) is 6.77. The van der Waals surface area contributed by atoms with Crippen LogP contribution in [0.15, 0.2) is 204 Å². The molecule has 0 saturated carbocycles. The molecule has 8 rings (SSSR count). The molecule has 274 valence electrons. The standard InChI is InChI=1S/C47H40N2O6/c50-41-31-32-49(45(52)48-41)44-43(55-47(37-25-13-4-14-26-37,38-27-15-5-16-28-38)39-29-17-6-18-30-39)42(51)40(54-44)33-53-46(34-19-7-1-8-20-34,35-21-9-2-10-22-35)36-23-11-3-12-24-36/h1-32,40,42-44,51H,33H2,(H,48,50,52)/t40-,42?,43+,44-/m1/s1. The fourth-order valence-electron chi connectivity index (χ4n) is 7.74. The maximum absolute atomic E-state index is 13.5. The van der Waals surface area contributed by atoms with Crippen LogP contribution in [-0.2, 0) is 25.4 Å². The number of benzene rings is 6. The van der Waals surface area contributed by atoms with Crippen LogP contribution in [0.5, 0.6) is 0 Å². The Morgan fingerprint density at radius 3 is 1.27 bits per heavy atom. The molecule has 55 heavy (non-hydrogen) atoms. The monoisotopic (exact) mass is 728 g/mol. The first kappa shape index (κ1) is 35.8. The van der Waals surface area contributed by atoms with Crippen molar-refractivity contribution in [3.8, 4) is 0 Å². The number of aromatic amines is 1. The Hall–Kier alpha value is -6.16. The summed E-state index contributed by atoms with van der Waals surface area (Å²) in [6, 6.07) is 60.5. The van der Waals surface area contributed by atoms with Crippen LogP contribution in [0.3, 0.4) is 0 Å². The van der Waals surface area contributed by atoms with Crippen molar-refractivity contribution >= 4 is 0 Å². The number of rotatable bonds is 12. The van der Waals surface area contributed by atoms with E-state index in [2.05, 4.69) is 4.98 Å². The Morgan fingerprint density at radius 1 is 0.545 bits per heavy atom. The normalized spacial score (nSPS) is 18.6. The first-order valence-electron chi connectivity index (χ1n) is 18.3. The average Bonchev–Trinajstić information content (AvgIpc) is 3.55. The van der Waals surface area contributed by atoms with Crippen molar-refractivity contribution in [2.45, 2.75) is 35.7 Å². The van der Waals surface area contributed by atoms with Crippen LogP contribution in [0.1, 0.15) is 39.6 Å². The van der Waals surface area contributed by atoms with Gasteiger partial charge in [-0.05, 0) is 33.4 Å². The fraction of sp³-hybridized carbons (Fsp3) is 0.149. The SMILES string of the molecule is O=c1ccn([C@@H]2O[C@H](COC(c3ccccc3)(c3ccccc3)c3ccccc3)C(O)[C@@H]2OC(c2ccccc2)(c2ccccc2)c2ccccc2)c(=O)[nH]1. The number of ether oxygens (including phenoxy) is 3. The Kier molecular flexibility index (Phi) is 10.2. The van der Waals surface area contributed by atoms with Gasteiger partial charge in [-0.3, -0.25) is 14.3 Å². The van der Waals surface area contributed by atoms with Crippen molar-refractivity contribution in [3.05, 3.63) is 248 Å². The van der Waals surface area contributed by atoms with E-state index in [1.165, 1.54) is 16.8 Å². The Labute approximate surface area is 318 Å². The molecule has 0 amide bonds. The van der Waals surface area contributed by atoms with E-state index in [1.807, 2.05) is 182 Å². The molecule has 1 aromatic heterocycles. The Morgan fingerprint density at radius 2 is 0.909 bits per heavy atom. The maximum Gasteiger partial charge on any atom is 0.330 e. The fourth-order valence-corrected chi connectivity index (χ4v) is 7.74. The van der Waals surface area contributed by atoms with Crippen LogP contribution in [0.2, 0.25) is 0 Å². The molecule has 6 aromatic carbocycles. The van der Waals surface area contributed by atoms with E-state index >= 15 is 0 Å². The lowest BCUT2D eigenvalue weighted by atomic mass is 9.79. The van der Waals surface area contributed by atoms with Gasteiger partial charge in [-0.2, -0.15) is 0 Å². The second-order valence-electron chi connectivity index (χ2n) is 13.5. The first-order valence-corrected chi connectivity index (χ1v) is 18.3. The lowest BCUT2D eigenvalue weighted by molar-refractivity contribution is -0.125. The molecule has 1 saturated heterocycles. The molecule has 0 spiro atoms. The van der Waals surface area contributed by atoms with E-state index in [-0.39, 0.29) is 6.61 Å². The van der Waals surface area contributed by atoms with Crippen molar-refractivity contribution in [2.75, 3.05) is 6.61 Å². The van der Waals surface area contributed by atoms with Crippen LogP contribution in [0.4, 0.5) is 0 Å². The number of aliphatic hydroxyl groups is 1. The zero-order chi connectivity index (χ0) is 37.7. The highest BCUT2D eigenvalue weighted by Crippen LogP contribution is 2.46. The van der Waals surface area contributed by atoms with Crippen molar-refractivity contribution in [2.24, 2.45) is 0 Å². The number of aromatic nitrogens is 2. The first-order chi connectivity index (χ1) is 27.0. The predicted octanol–water partition coefficient (Wildman–Crippen LogP) is 7.18. The molecule has 0 aliphatic carbocycles. The van der Waals surface area contributed by atoms with Gasteiger partial charge in [0.05, 0.1) is 6.61 Å². The number of hydrogen-bond donors (Lipinski definition) is 2. The molecule has 0 radical (unpaired) electrons. The van der Waals surface area contributed by atoms with Gasteiger partial charge in [0, 0.05) is 12.3 Å². The summed E-state index contributed by atoms with van der Waals surface area (Å²) < 4.78 is 22.4. The van der Waals surface area contributed by atoms with Gasteiger partial charge >= 0.3 is 5.69 Å². The van der Waals surface area contributed by atoms with Gasteiger partial charge in [-0.15, -0.1) is 0 Å². The minimum absolute atomic E-state index is 0.0939. The molecule has 1 unspecified atom stereocenters. The molecule has 2 N–H and O–H groups in total. The van der Waals surface area contributed by atoms with Gasteiger partial charge in [-0.1, -0.05) is 182 Å². The van der Waals surface area contributed by atoms with E-state index in [9.17, 15) is 14.7 Å². The summed E-state index contributed by atoms with van der Waals surface area (Å²) in [6.07, 6.45) is -3.22. The summed E-state index contributed by atoms with van der Waals surface area (Å²) in [5, 5.41) is 12.5. The number of aliphatic hydroxyl groups excluding tert-OH is 1. The second-order valence-corrected chi connectivity index (χ2v) is 13.5. The molecule has 7 aromatic rings. The summed E-state index contributed by atoms with van der Waals surface area (Å²) in [6.45, 7) is -0.0939. The molecular formula is C47H40N2O6. The van der Waals surface area contributed by atoms with Gasteiger partial charge < -0.3 is 19.3 Å². The van der Waals surface area contributed by atoms with Crippen molar-refractivity contribution < 1.29 is 19.3 Å². The highest BCUT2D eigenvalue weighted by molar-refractivity contribution is 5.49. The van der Waals surface area contributed by atoms with Crippen molar-refractivity contribution in [3.63, 3.8) is 0 Å². The van der Waals surface area contributed by atoms with Crippen molar-refractivity contribution in [1.82, 2.24) is 9.55 Å². The van der Waals surface area contributed by atoms with E-state index in [1.54, 1.807) is 0 Å². The van der Waals surface area contributed by atoms with E-state index in [0.29, 0.717) is 0 Å². The van der Waals surface area contributed by atoms with Crippen LogP contribution in [0, 0.1) is 0 Å². The summed E-state index contributed by atoms with van der Waals surface area (Å²) in [5.74, 6) is 0. The quantitative estimate of drug-likeness (QED) is 0.129. The maximum atomic E-state index is 13.5. The molecule has 8 nitrogen and oxygen atoms in total. The summed E-state index contributed by atoms with van der Waals surface area (Å²) in [5.41, 5.74) is 1.47. The Balaban J connectivity index is 1.26. The number of hydrogen-bond acceptors (Lipinski definition) is 6. The summed E-state index contributed by atoms with van der Waals surface area (Å²) in [7, 11) is 0. The van der Waals surface area contributed by atoms with Crippen LogP contribution in [0.25, 0.3) is 0 Å². The number of nitrogens with one attached hydrogen (secondary N) is 1. The third-order valence-electron chi connectivity index (χ3n) is 10.3. The van der Waals surface area contributed by atoms with Gasteiger partial charge in [0.1, 0.15) is 29.5 Å². The third-order valence-corrected chi connectivity index (χ3v) is 10.3. The smallest absolute Gasteiger partial charge is 0.330 e. The van der Waals surface area contributed by atoms with E-state index < -0.39 is 47.0 Å².